The maximum atomic E-state index is 10.9. The number of para-hydroxylation sites is 1. The van der Waals surface area contributed by atoms with Gasteiger partial charge >= 0.3 is 0 Å². The lowest BCUT2D eigenvalue weighted by Gasteiger charge is -2.34. The average Bonchev–Trinajstić information content (AvgIpc) is 3.74. The highest BCUT2D eigenvalue weighted by atomic mass is 79.9. The smallest absolute Gasteiger partial charge is 0.293 e. The van der Waals surface area contributed by atoms with Crippen molar-refractivity contribution in [2.75, 3.05) is 40.0 Å². The van der Waals surface area contributed by atoms with E-state index in [-0.39, 0.29) is 18.8 Å². The van der Waals surface area contributed by atoms with Gasteiger partial charge in [-0.25, -0.2) is 4.98 Å². The highest BCUT2D eigenvalue weighted by Gasteiger charge is 2.33. The van der Waals surface area contributed by atoms with E-state index in [2.05, 4.69) is 51.5 Å². The molecule has 4 aromatic rings. The molecule has 11 heteroatoms. The summed E-state index contributed by atoms with van der Waals surface area (Å²) in [6, 6.07) is 15.7. The number of hydrogen-bond acceptors (Lipinski definition) is 10. The second kappa shape index (κ2) is 15.2. The number of nitrogens with one attached hydrogen (secondary N) is 1. The minimum atomic E-state index is -0.0556. The molecule has 2 atom stereocenters. The Bertz CT molecular complexity index is 1680. The molecular formula is C35H35BrN2O7S. The van der Waals surface area contributed by atoms with Gasteiger partial charge in [0.15, 0.2) is 23.0 Å². The van der Waals surface area contributed by atoms with Crippen LogP contribution in [-0.2, 0) is 16.0 Å². The third kappa shape index (κ3) is 7.00. The summed E-state index contributed by atoms with van der Waals surface area (Å²) >= 11 is 5.32. The van der Waals surface area contributed by atoms with Gasteiger partial charge in [0.1, 0.15) is 5.01 Å². The summed E-state index contributed by atoms with van der Waals surface area (Å²) in [5, 5.41) is 4.59. The van der Waals surface area contributed by atoms with E-state index in [1.54, 1.807) is 44.8 Å². The number of methoxy groups -OCH3 is 3. The minimum absolute atomic E-state index is 0.0556. The fraction of sp³-hybridized carbons (Fsp3) is 0.257. The molecule has 1 aliphatic carbocycles. The topological polar surface area (TPSA) is 97.4 Å². The largest absolute Gasteiger partial charge is 0.493 e. The van der Waals surface area contributed by atoms with Crippen LogP contribution in [0.5, 0.6) is 28.7 Å². The quantitative estimate of drug-likeness (QED) is 0.155. The van der Waals surface area contributed by atoms with Crippen LogP contribution in [0.4, 0.5) is 5.69 Å². The molecule has 0 saturated carbocycles. The Hall–Kier alpha value is -4.48. The zero-order valence-corrected chi connectivity index (χ0v) is 28.2. The number of aryl methyl sites for hydroxylation is 1. The van der Waals surface area contributed by atoms with E-state index in [9.17, 15) is 4.79 Å². The van der Waals surface area contributed by atoms with Gasteiger partial charge in [-0.05, 0) is 94.5 Å². The van der Waals surface area contributed by atoms with Gasteiger partial charge in [-0.1, -0.05) is 19.2 Å². The first-order chi connectivity index (χ1) is 22.4. The number of carbonyl (C=O) groups is 1. The van der Waals surface area contributed by atoms with Crippen molar-refractivity contribution in [3.05, 3.63) is 87.9 Å². The van der Waals surface area contributed by atoms with Crippen LogP contribution in [0.2, 0.25) is 0 Å². The first kappa shape index (κ1) is 32.9. The number of halogens is 1. The zero-order valence-electron chi connectivity index (χ0n) is 25.8. The summed E-state index contributed by atoms with van der Waals surface area (Å²) in [4.78, 5) is 16.6. The Kier molecular flexibility index (Phi) is 10.9. The maximum Gasteiger partial charge on any atom is 0.293 e. The summed E-state index contributed by atoms with van der Waals surface area (Å²) in [5.74, 6) is 3.63. The van der Waals surface area contributed by atoms with Crippen LogP contribution >= 0.6 is 27.3 Å². The van der Waals surface area contributed by atoms with E-state index in [0.29, 0.717) is 30.3 Å². The predicted molar refractivity (Wildman–Crippen MR) is 184 cm³/mol. The predicted octanol–water partition coefficient (Wildman–Crippen LogP) is 8.19. The molecule has 0 amide bonds. The lowest BCUT2D eigenvalue weighted by atomic mass is 9.79. The second-order valence-corrected chi connectivity index (χ2v) is 12.2. The first-order valence-corrected chi connectivity index (χ1v) is 16.1. The van der Waals surface area contributed by atoms with Crippen LogP contribution in [0.15, 0.2) is 66.2 Å². The summed E-state index contributed by atoms with van der Waals surface area (Å²) in [7, 11) is 4.77. The van der Waals surface area contributed by atoms with Gasteiger partial charge in [-0.15, -0.1) is 11.3 Å². The van der Waals surface area contributed by atoms with Crippen molar-refractivity contribution in [2.45, 2.75) is 18.9 Å². The van der Waals surface area contributed by atoms with Crippen molar-refractivity contribution in [3.8, 4) is 39.3 Å². The Morgan fingerprint density at radius 3 is 2.37 bits per heavy atom. The van der Waals surface area contributed by atoms with Crippen LogP contribution in [-0.4, -0.2) is 46.2 Å². The molecule has 6 rings (SSSR count). The fourth-order valence-corrected chi connectivity index (χ4v) is 6.92. The zero-order chi connectivity index (χ0) is 32.6. The highest BCUT2D eigenvalue weighted by molar-refractivity contribution is 9.10. The van der Waals surface area contributed by atoms with E-state index < -0.39 is 0 Å². The third-order valence-corrected chi connectivity index (χ3v) is 9.55. The lowest BCUT2D eigenvalue weighted by molar-refractivity contribution is -0.130. The maximum absolute atomic E-state index is 10.9. The van der Waals surface area contributed by atoms with Crippen molar-refractivity contribution >= 4 is 51.6 Å². The number of hydrogen-bond donors (Lipinski definition) is 1. The van der Waals surface area contributed by atoms with E-state index in [4.69, 9.17) is 28.4 Å². The Morgan fingerprint density at radius 1 is 1.02 bits per heavy atom. The number of aromatic nitrogens is 1. The molecule has 1 aliphatic heterocycles. The summed E-state index contributed by atoms with van der Waals surface area (Å²) < 4.78 is 32.6. The van der Waals surface area contributed by atoms with Gasteiger partial charge in [-0.2, -0.15) is 0 Å². The van der Waals surface area contributed by atoms with Gasteiger partial charge in [0, 0.05) is 21.6 Å². The number of nitrogens with zero attached hydrogens (tertiary/aromatic N) is 1. The second-order valence-electron chi connectivity index (χ2n) is 10.3. The molecule has 9 nitrogen and oxygen atoms in total. The number of benzene rings is 3. The van der Waals surface area contributed by atoms with Gasteiger partial charge < -0.3 is 33.7 Å². The molecule has 1 N–H and O–H groups in total. The van der Waals surface area contributed by atoms with Gasteiger partial charge in [0.2, 0.25) is 12.5 Å². The Morgan fingerprint density at radius 2 is 1.76 bits per heavy atom. The van der Waals surface area contributed by atoms with Crippen LogP contribution in [0.3, 0.4) is 0 Å². The summed E-state index contributed by atoms with van der Waals surface area (Å²) in [6.07, 6.45) is 5.33. The number of anilines is 1. The van der Waals surface area contributed by atoms with Crippen LogP contribution in [0.25, 0.3) is 22.7 Å². The molecule has 0 fully saturated rings. The normalized spacial score (nSPS) is 15.8. The number of thiazole rings is 1. The van der Waals surface area contributed by atoms with Crippen LogP contribution in [0.1, 0.15) is 34.2 Å². The average molecular weight is 708 g/mol. The molecule has 0 spiro atoms. The summed E-state index contributed by atoms with van der Waals surface area (Å²) in [5.41, 5.74) is 5.14. The molecule has 0 saturated heterocycles. The fourth-order valence-electron chi connectivity index (χ4n) is 5.52. The number of fused-ring (bicyclic) bond motifs is 2. The van der Waals surface area contributed by atoms with E-state index in [1.807, 2.05) is 36.4 Å². The van der Waals surface area contributed by atoms with E-state index in [0.717, 1.165) is 61.2 Å². The molecular weight excluding hydrogens is 672 g/mol. The molecule has 2 aliphatic rings. The van der Waals surface area contributed by atoms with Crippen molar-refractivity contribution in [1.29, 1.82) is 0 Å². The van der Waals surface area contributed by atoms with Crippen molar-refractivity contribution in [3.63, 3.8) is 0 Å². The highest BCUT2D eigenvalue weighted by Crippen LogP contribution is 2.45. The number of ether oxygens (including phenoxy) is 6. The summed E-state index contributed by atoms with van der Waals surface area (Å²) in [6.45, 7) is 8.80. The monoisotopic (exact) mass is 706 g/mol. The molecule has 3 aromatic carbocycles. The molecule has 2 unspecified atom stereocenters. The lowest BCUT2D eigenvalue weighted by Crippen LogP contribution is -2.30. The first-order valence-electron chi connectivity index (χ1n) is 14.5. The van der Waals surface area contributed by atoms with Crippen LogP contribution in [0, 0.1) is 5.92 Å². The van der Waals surface area contributed by atoms with E-state index in [1.165, 1.54) is 5.56 Å². The van der Waals surface area contributed by atoms with Crippen molar-refractivity contribution in [2.24, 2.45) is 5.92 Å². The Balaban J connectivity index is 0.000000293. The van der Waals surface area contributed by atoms with Gasteiger partial charge in [0.25, 0.3) is 6.47 Å². The van der Waals surface area contributed by atoms with Gasteiger partial charge in [-0.3, -0.25) is 4.79 Å². The minimum Gasteiger partial charge on any atom is -0.493 e. The molecule has 2 heterocycles. The SMILES string of the molecule is C=Cc1nc(-c2ccc(NC3c4cc5c(cc4CCC3COC=O)OCO5)c(Br)c2)sc1C=C.COc1cccc(OC)c1OC. The standard InChI is InChI=1S/C26H23BrN2O4S.C9H12O3/c1-3-20-24(4-2)34-26(29-20)16-7-8-21(19(27)9-16)28-25-17(12-31-13-30)6-5-15-10-22-23(11-18(15)25)33-14-32-22;1-10-7-5-4-6-8(11-2)9(7)12-3/h3-4,7-11,13,17,25,28H,1-2,5-6,12,14H2;4-6H,1-3H3. The molecule has 1 aromatic heterocycles. The Labute approximate surface area is 280 Å². The molecule has 0 radical (unpaired) electrons. The molecule has 46 heavy (non-hydrogen) atoms. The molecule has 240 valence electrons. The number of carbonyl (C=O) groups excluding carboxylic acids is 1. The number of rotatable bonds is 11. The van der Waals surface area contributed by atoms with Crippen molar-refractivity contribution < 1.29 is 33.2 Å². The molecule has 0 bridgehead atoms. The van der Waals surface area contributed by atoms with Gasteiger partial charge in [0.05, 0.1) is 44.5 Å². The van der Waals surface area contributed by atoms with Crippen LogP contribution < -0.4 is 29.0 Å². The van der Waals surface area contributed by atoms with Crippen molar-refractivity contribution in [1.82, 2.24) is 4.98 Å². The third-order valence-electron chi connectivity index (χ3n) is 7.78. The van der Waals surface area contributed by atoms with E-state index >= 15 is 0 Å².